The lowest BCUT2D eigenvalue weighted by Gasteiger charge is -2.19. The molecule has 0 aliphatic carbocycles. The van der Waals surface area contributed by atoms with Crippen LogP contribution in [-0.4, -0.2) is 30.5 Å². The lowest BCUT2D eigenvalue weighted by atomic mass is 9.85. The number of ketones is 1. The molecule has 0 amide bonds. The normalized spacial score (nSPS) is 13.9. The molecule has 0 atom stereocenters. The molecule has 2 aromatic rings. The van der Waals surface area contributed by atoms with Crippen molar-refractivity contribution in [1.82, 2.24) is 0 Å². The van der Waals surface area contributed by atoms with Crippen molar-refractivity contribution >= 4 is 17.2 Å². The molecule has 1 aliphatic rings. The number of carbonyl (C=O) groups is 1. The van der Waals surface area contributed by atoms with Gasteiger partial charge in [-0.15, -0.1) is 0 Å². The summed E-state index contributed by atoms with van der Waals surface area (Å²) in [5.41, 5.74) is 2.33. The van der Waals surface area contributed by atoms with Gasteiger partial charge in [-0.3, -0.25) is 4.79 Å². The first-order valence-corrected chi connectivity index (χ1v) is 8.03. The van der Waals surface area contributed by atoms with Crippen LogP contribution in [0.3, 0.4) is 0 Å². The minimum atomic E-state index is -0.275. The molecule has 0 saturated heterocycles. The van der Waals surface area contributed by atoms with Crippen LogP contribution >= 0.6 is 0 Å². The van der Waals surface area contributed by atoms with Gasteiger partial charge in [0.2, 0.25) is 5.69 Å². The van der Waals surface area contributed by atoms with Gasteiger partial charge in [-0.1, -0.05) is 26.8 Å². The quantitative estimate of drug-likeness (QED) is 0.630. The lowest BCUT2D eigenvalue weighted by molar-refractivity contribution is -0.355. The van der Waals surface area contributed by atoms with Crippen molar-refractivity contribution in [3.8, 4) is 11.5 Å². The number of methoxy groups -OCH3 is 2. The van der Waals surface area contributed by atoms with E-state index in [1.165, 1.54) is 14.2 Å². The number of fused-ring (bicyclic) bond motifs is 1. The van der Waals surface area contributed by atoms with E-state index < -0.39 is 0 Å². The fourth-order valence-corrected chi connectivity index (χ4v) is 2.93. The lowest BCUT2D eigenvalue weighted by Crippen LogP contribution is -2.17. The van der Waals surface area contributed by atoms with E-state index in [0.29, 0.717) is 33.1 Å². The van der Waals surface area contributed by atoms with Crippen LogP contribution in [-0.2, 0) is 5.41 Å². The van der Waals surface area contributed by atoms with Crippen molar-refractivity contribution in [3.63, 3.8) is 0 Å². The van der Waals surface area contributed by atoms with Crippen LogP contribution < -0.4 is 9.47 Å². The summed E-state index contributed by atoms with van der Waals surface area (Å²) in [4.78, 5) is 12.9. The molecule has 5 nitrogen and oxygen atoms in total. The second kappa shape index (κ2) is 5.92. The third-order valence-corrected chi connectivity index (χ3v) is 4.40. The van der Waals surface area contributed by atoms with E-state index in [2.05, 4.69) is 20.8 Å². The standard InChI is InChI=1S/C20H21NO4/c1-20(2,3)13-7-8-15-14(11-13)19(22)18(21(15)23)12-6-9-16(24-4)17(10-12)25-5/h6-11H,1-5H3. The Kier molecular flexibility index (Phi) is 4.03. The molecule has 0 N–H and O–H groups in total. The second-order valence-electron chi connectivity index (χ2n) is 7.02. The molecule has 0 unspecified atom stereocenters. The first-order chi connectivity index (χ1) is 11.8. The number of hydrogen-bond acceptors (Lipinski definition) is 4. The van der Waals surface area contributed by atoms with Gasteiger partial charge in [0, 0.05) is 6.07 Å². The highest BCUT2D eigenvalue weighted by molar-refractivity contribution is 6.52. The predicted octanol–water partition coefficient (Wildman–Crippen LogP) is 3.83. The van der Waals surface area contributed by atoms with Crippen molar-refractivity contribution in [1.29, 1.82) is 0 Å². The summed E-state index contributed by atoms with van der Waals surface area (Å²) in [7, 11) is 3.05. The van der Waals surface area contributed by atoms with Crippen LogP contribution in [0.2, 0.25) is 0 Å². The van der Waals surface area contributed by atoms with Gasteiger partial charge in [-0.25, -0.2) is 0 Å². The Morgan fingerprint density at radius 3 is 2.24 bits per heavy atom. The summed E-state index contributed by atoms with van der Waals surface area (Å²) in [6, 6.07) is 10.5. The number of benzene rings is 2. The van der Waals surface area contributed by atoms with Crippen molar-refractivity contribution in [2.45, 2.75) is 26.2 Å². The SMILES string of the molecule is COc1ccc(C2=[N+]([O-])c3ccc(C(C)(C)C)cc3C2=O)cc1OC. The van der Waals surface area contributed by atoms with E-state index in [1.807, 2.05) is 12.1 Å². The zero-order valence-corrected chi connectivity index (χ0v) is 15.0. The van der Waals surface area contributed by atoms with E-state index in [0.717, 1.165) is 5.56 Å². The summed E-state index contributed by atoms with van der Waals surface area (Å²) in [6.45, 7) is 6.21. The summed E-state index contributed by atoms with van der Waals surface area (Å²) in [5, 5.41) is 12.7. The molecule has 0 fully saturated rings. The second-order valence-corrected chi connectivity index (χ2v) is 7.02. The van der Waals surface area contributed by atoms with Gasteiger partial charge in [-0.05, 0) is 35.2 Å². The van der Waals surface area contributed by atoms with E-state index >= 15 is 0 Å². The van der Waals surface area contributed by atoms with Gasteiger partial charge < -0.3 is 14.7 Å². The number of hydrogen-bond donors (Lipinski definition) is 0. The van der Waals surface area contributed by atoms with Crippen LogP contribution in [0.5, 0.6) is 11.5 Å². The van der Waals surface area contributed by atoms with Gasteiger partial charge in [0.05, 0.1) is 19.8 Å². The van der Waals surface area contributed by atoms with Crippen LogP contribution in [0.4, 0.5) is 5.69 Å². The Bertz CT molecular complexity index is 891. The Balaban J connectivity index is 2.10. The molecule has 2 aromatic carbocycles. The van der Waals surface area contributed by atoms with Crippen LogP contribution in [0, 0.1) is 5.21 Å². The van der Waals surface area contributed by atoms with Crippen LogP contribution in [0.25, 0.3) is 0 Å². The summed E-state index contributed by atoms with van der Waals surface area (Å²) >= 11 is 0. The average molecular weight is 339 g/mol. The van der Waals surface area contributed by atoms with E-state index in [4.69, 9.17) is 9.47 Å². The average Bonchev–Trinajstić information content (AvgIpc) is 2.84. The Labute approximate surface area is 147 Å². The largest absolute Gasteiger partial charge is 0.618 e. The first-order valence-electron chi connectivity index (χ1n) is 8.03. The molecule has 0 spiro atoms. The molecular formula is C20H21NO4. The molecule has 25 heavy (non-hydrogen) atoms. The number of ether oxygens (including phenoxy) is 2. The maximum absolute atomic E-state index is 12.9. The summed E-state index contributed by atoms with van der Waals surface area (Å²) < 4.78 is 11.2. The zero-order valence-electron chi connectivity index (χ0n) is 15.0. The highest BCUT2D eigenvalue weighted by atomic mass is 16.5. The molecule has 1 aliphatic heterocycles. The number of nitrogens with zero attached hydrogens (tertiary/aromatic N) is 1. The molecule has 5 heteroatoms. The Morgan fingerprint density at radius 1 is 0.960 bits per heavy atom. The predicted molar refractivity (Wildman–Crippen MR) is 96.4 cm³/mol. The maximum Gasteiger partial charge on any atom is 0.273 e. The minimum absolute atomic E-state index is 0.0991. The van der Waals surface area contributed by atoms with Gasteiger partial charge >= 0.3 is 0 Å². The topological polar surface area (TPSA) is 61.6 Å². The van der Waals surface area contributed by atoms with Crippen molar-refractivity contribution in [3.05, 3.63) is 58.3 Å². The monoisotopic (exact) mass is 339 g/mol. The van der Waals surface area contributed by atoms with Gasteiger partial charge in [0.15, 0.2) is 11.5 Å². The van der Waals surface area contributed by atoms with E-state index in [1.54, 1.807) is 24.3 Å². The minimum Gasteiger partial charge on any atom is -0.618 e. The third kappa shape index (κ3) is 2.76. The fraction of sp³-hybridized carbons (Fsp3) is 0.300. The van der Waals surface area contributed by atoms with E-state index in [-0.39, 0.29) is 16.9 Å². The number of carbonyl (C=O) groups excluding carboxylic acids is 1. The summed E-state index contributed by atoms with van der Waals surface area (Å²) in [5.74, 6) is 0.741. The number of rotatable bonds is 3. The van der Waals surface area contributed by atoms with E-state index in [9.17, 15) is 10.0 Å². The third-order valence-electron chi connectivity index (χ3n) is 4.40. The summed E-state index contributed by atoms with van der Waals surface area (Å²) in [6.07, 6.45) is 0. The number of Topliss-reactive ketones (excluding diaryl/α,β-unsaturated/α-hetero) is 1. The Morgan fingerprint density at radius 2 is 1.64 bits per heavy atom. The molecule has 1 heterocycles. The fourth-order valence-electron chi connectivity index (χ4n) is 2.93. The Hall–Kier alpha value is -2.82. The van der Waals surface area contributed by atoms with Gasteiger partial charge in [0.25, 0.3) is 11.5 Å². The van der Waals surface area contributed by atoms with Crippen molar-refractivity contribution < 1.29 is 19.0 Å². The van der Waals surface area contributed by atoms with Crippen molar-refractivity contribution in [2.75, 3.05) is 14.2 Å². The molecule has 0 bridgehead atoms. The highest BCUT2D eigenvalue weighted by Crippen LogP contribution is 2.34. The zero-order chi connectivity index (χ0) is 18.4. The molecule has 0 radical (unpaired) electrons. The smallest absolute Gasteiger partial charge is 0.273 e. The maximum atomic E-state index is 12.9. The van der Waals surface area contributed by atoms with Crippen LogP contribution in [0.15, 0.2) is 36.4 Å². The molecule has 0 saturated carbocycles. The molecule has 0 aromatic heterocycles. The molecule has 130 valence electrons. The van der Waals surface area contributed by atoms with Crippen molar-refractivity contribution in [2.24, 2.45) is 0 Å². The highest BCUT2D eigenvalue weighted by Gasteiger charge is 2.37. The molecule has 3 rings (SSSR count). The molecular weight excluding hydrogens is 318 g/mol. The van der Waals surface area contributed by atoms with Crippen LogP contribution in [0.1, 0.15) is 42.3 Å². The van der Waals surface area contributed by atoms with Gasteiger partial charge in [-0.2, -0.15) is 4.74 Å². The van der Waals surface area contributed by atoms with Gasteiger partial charge in [0.1, 0.15) is 5.56 Å². The first kappa shape index (κ1) is 17.0.